The number of esters is 1. The summed E-state index contributed by atoms with van der Waals surface area (Å²) in [5, 5.41) is 18.4. The normalized spacial score (nSPS) is 17.0. The van der Waals surface area contributed by atoms with Crippen LogP contribution in [0.15, 0.2) is 71.5 Å². The number of nitrogens with one attached hydrogen (secondary N) is 1. The van der Waals surface area contributed by atoms with Crippen molar-refractivity contribution in [2.24, 2.45) is 5.73 Å². The van der Waals surface area contributed by atoms with E-state index in [-0.39, 0.29) is 29.1 Å². The van der Waals surface area contributed by atoms with Gasteiger partial charge >= 0.3 is 18.2 Å². The van der Waals surface area contributed by atoms with Gasteiger partial charge in [0.15, 0.2) is 0 Å². The number of carbonyl (C=O) groups excluding carboxylic acids is 2. The van der Waals surface area contributed by atoms with Crippen molar-refractivity contribution >= 4 is 23.6 Å². The molecule has 0 radical (unpaired) electrons. The van der Waals surface area contributed by atoms with Gasteiger partial charge in [-0.25, -0.2) is 9.59 Å². The van der Waals surface area contributed by atoms with Crippen molar-refractivity contribution in [3.8, 4) is 6.07 Å². The van der Waals surface area contributed by atoms with E-state index in [4.69, 9.17) is 15.9 Å². The molecule has 12 heteroatoms. The monoisotopic (exact) mass is 573 g/mol. The highest BCUT2D eigenvalue weighted by Crippen LogP contribution is 2.37. The number of nitrogens with zero attached hydrogens (tertiary/aromatic N) is 4. The maximum absolute atomic E-state index is 13.5. The predicted octanol–water partition coefficient (Wildman–Crippen LogP) is 5.10. The summed E-state index contributed by atoms with van der Waals surface area (Å²) in [6.07, 6.45) is 1.54. The fourth-order valence-corrected chi connectivity index (χ4v) is 4.66. The molecule has 0 bridgehead atoms. The van der Waals surface area contributed by atoms with Crippen molar-refractivity contribution in [2.45, 2.75) is 38.9 Å². The van der Waals surface area contributed by atoms with Crippen LogP contribution in [0.5, 0.6) is 0 Å². The molecule has 1 aromatic carbocycles. The molecule has 9 nitrogen and oxygen atoms in total. The number of allylic oxidation sites excluding steroid dienone is 5. The Morgan fingerprint density at radius 2 is 1.95 bits per heavy atom. The summed E-state index contributed by atoms with van der Waals surface area (Å²) in [4.78, 5) is 28.1. The number of hydrogen-bond acceptors (Lipinski definition) is 5. The quantitative estimate of drug-likeness (QED) is 0.175. The van der Waals surface area contributed by atoms with Crippen LogP contribution in [-0.2, 0) is 15.7 Å². The molecule has 0 saturated heterocycles. The molecule has 1 heterocycles. The number of halogens is 3. The van der Waals surface area contributed by atoms with Crippen LogP contribution in [0.1, 0.15) is 32.3 Å². The maximum Gasteiger partial charge on any atom is 0.416 e. The topological polar surface area (TPSA) is 124 Å². The molecule has 1 aliphatic rings. The molecule has 0 aromatic heterocycles. The molecule has 0 spiro atoms. The van der Waals surface area contributed by atoms with Crippen molar-refractivity contribution < 1.29 is 32.0 Å². The van der Waals surface area contributed by atoms with Gasteiger partial charge < -0.3 is 15.0 Å². The molecule has 41 heavy (non-hydrogen) atoms. The Labute approximate surface area is 238 Å². The molecule has 0 unspecified atom stereocenters. The highest BCUT2D eigenvalue weighted by molar-refractivity contribution is 6.10. The number of urea groups is 1. The summed E-state index contributed by atoms with van der Waals surface area (Å²) >= 11 is 0. The minimum Gasteiger partial charge on any atom is -0.466 e. The number of methoxy groups -OCH3 is 1. The van der Waals surface area contributed by atoms with E-state index in [9.17, 15) is 28.0 Å². The fraction of sp³-hybridized carbons (Fsp3) is 0.379. The van der Waals surface area contributed by atoms with E-state index in [1.54, 1.807) is 6.08 Å². The van der Waals surface area contributed by atoms with Gasteiger partial charge in [0.05, 0.1) is 50.5 Å². The van der Waals surface area contributed by atoms with Gasteiger partial charge in [0.1, 0.15) is 12.6 Å². The van der Waals surface area contributed by atoms with Crippen molar-refractivity contribution in [1.82, 2.24) is 4.90 Å². The van der Waals surface area contributed by atoms with Crippen molar-refractivity contribution in [2.75, 3.05) is 39.2 Å². The van der Waals surface area contributed by atoms with Gasteiger partial charge in [-0.1, -0.05) is 38.1 Å². The number of hydrogen-bond donors (Lipinski definition) is 2. The van der Waals surface area contributed by atoms with E-state index in [0.717, 1.165) is 48.4 Å². The maximum atomic E-state index is 13.5. The third-order valence-electron chi connectivity index (χ3n) is 6.68. The number of carbonyl (C=O) groups is 2. The molecular weight excluding hydrogens is 537 g/mol. The number of unbranched alkanes of at least 4 members (excludes halogenated alkanes) is 1. The average Bonchev–Trinajstić information content (AvgIpc) is 2.90. The number of nitrogens with two attached hydrogens (primary N) is 1. The van der Waals surface area contributed by atoms with Gasteiger partial charge in [0.2, 0.25) is 5.96 Å². The number of likely N-dealkylation sites (N-methyl/N-ethyl adjacent to an activating group) is 1. The smallest absolute Gasteiger partial charge is 0.416 e. The Morgan fingerprint density at radius 1 is 1.29 bits per heavy atom. The SMILES string of the molecule is C=C/C(C#N)=C\C=C(/C[N+](C)(C)CCCC)[C@@H]1C(C(=O)OC)=C(C)N(c2cccc(C(F)(F)F)c2)C(=N)N1C(N)=O. The second-order valence-corrected chi connectivity index (χ2v) is 10.2. The van der Waals surface area contributed by atoms with Gasteiger partial charge in [-0.15, -0.1) is 0 Å². The zero-order chi connectivity index (χ0) is 31.1. The molecule has 1 atom stereocenters. The fourth-order valence-electron chi connectivity index (χ4n) is 4.66. The van der Waals surface area contributed by atoms with Crippen molar-refractivity contribution in [1.29, 1.82) is 10.7 Å². The molecular formula is C29H36F3N6O3+. The van der Waals surface area contributed by atoms with Crippen molar-refractivity contribution in [3.05, 3.63) is 77.1 Å². The molecule has 0 saturated carbocycles. The van der Waals surface area contributed by atoms with Crippen LogP contribution in [0, 0.1) is 16.7 Å². The number of ether oxygens (including phenoxy) is 1. The first-order chi connectivity index (χ1) is 19.1. The number of anilines is 1. The minimum atomic E-state index is -4.67. The van der Waals surface area contributed by atoms with E-state index < -0.39 is 35.7 Å². The number of primary amides is 1. The first-order valence-corrected chi connectivity index (χ1v) is 12.8. The zero-order valence-corrected chi connectivity index (χ0v) is 23.9. The summed E-state index contributed by atoms with van der Waals surface area (Å²) in [7, 11) is 5.05. The Kier molecular flexibility index (Phi) is 10.7. The van der Waals surface area contributed by atoms with E-state index in [1.165, 1.54) is 31.2 Å². The molecule has 1 aliphatic heterocycles. The lowest BCUT2D eigenvalue weighted by molar-refractivity contribution is -0.886. The van der Waals surface area contributed by atoms with E-state index in [1.807, 2.05) is 27.1 Å². The first-order valence-electron chi connectivity index (χ1n) is 12.8. The number of rotatable bonds is 10. The van der Waals surface area contributed by atoms with Crippen LogP contribution in [0.3, 0.4) is 0 Å². The number of guanidine groups is 1. The van der Waals surface area contributed by atoms with Crippen LogP contribution in [0.2, 0.25) is 0 Å². The summed E-state index contributed by atoms with van der Waals surface area (Å²) in [6.45, 7) is 8.12. The first kappa shape index (κ1) is 32.8. The van der Waals surface area contributed by atoms with Crippen LogP contribution >= 0.6 is 0 Å². The molecule has 0 aliphatic carbocycles. The van der Waals surface area contributed by atoms with Gasteiger partial charge in [-0.3, -0.25) is 15.2 Å². The van der Waals surface area contributed by atoms with Crippen LogP contribution < -0.4 is 10.6 Å². The second kappa shape index (κ2) is 13.3. The second-order valence-electron chi connectivity index (χ2n) is 10.2. The van der Waals surface area contributed by atoms with Gasteiger partial charge in [-0.2, -0.15) is 18.4 Å². The average molecular weight is 574 g/mol. The van der Waals surface area contributed by atoms with Gasteiger partial charge in [-0.05, 0) is 37.6 Å². The molecule has 3 N–H and O–H groups in total. The highest BCUT2D eigenvalue weighted by Gasteiger charge is 2.45. The highest BCUT2D eigenvalue weighted by atomic mass is 19.4. The molecule has 1 aromatic rings. The number of alkyl halides is 3. The Bertz CT molecular complexity index is 1340. The summed E-state index contributed by atoms with van der Waals surface area (Å²) in [5.74, 6) is -1.41. The number of benzene rings is 1. The Balaban J connectivity index is 2.94. The van der Waals surface area contributed by atoms with Crippen LogP contribution in [0.25, 0.3) is 0 Å². The minimum absolute atomic E-state index is 0.0849. The summed E-state index contributed by atoms with van der Waals surface area (Å²) < 4.78 is 46.1. The summed E-state index contributed by atoms with van der Waals surface area (Å²) in [5.41, 5.74) is 5.36. The molecule has 0 fully saturated rings. The Hall–Kier alpha value is -4.37. The van der Waals surface area contributed by atoms with E-state index >= 15 is 0 Å². The standard InChI is InChI=1S/C29H35F3N6O3/c1-7-9-15-38(4,5)18-21(14-13-20(8-2)17-33)25-24(26(39)41-6)19(3)36(27(34)37(25)28(35)40)23-12-10-11-22(16-23)29(30,31)32/h8,10-14,16,25,34H,2,7,9,15,18H2,1,3-6H3,(H-,35,40)/p+1/b20-13+,21-14+,34-27?/t25-/m1/s1. The zero-order valence-electron chi connectivity index (χ0n) is 23.9. The van der Waals surface area contributed by atoms with E-state index in [0.29, 0.717) is 10.1 Å². The lowest BCUT2D eigenvalue weighted by atomic mass is 9.91. The van der Waals surface area contributed by atoms with Crippen molar-refractivity contribution in [3.63, 3.8) is 0 Å². The molecule has 220 valence electrons. The van der Waals surface area contributed by atoms with E-state index in [2.05, 4.69) is 6.58 Å². The third kappa shape index (κ3) is 7.64. The number of quaternary nitrogens is 1. The van der Waals surface area contributed by atoms with Crippen LogP contribution in [0.4, 0.5) is 23.7 Å². The van der Waals surface area contributed by atoms with Gasteiger partial charge in [0, 0.05) is 17.0 Å². The summed E-state index contributed by atoms with van der Waals surface area (Å²) in [6, 6.07) is 3.83. The third-order valence-corrected chi connectivity index (χ3v) is 6.68. The molecule has 2 amide bonds. The molecule has 2 rings (SSSR count). The Morgan fingerprint density at radius 3 is 2.46 bits per heavy atom. The lowest BCUT2D eigenvalue weighted by Gasteiger charge is -2.44. The van der Waals surface area contributed by atoms with Crippen LogP contribution in [-0.4, -0.2) is 67.7 Å². The lowest BCUT2D eigenvalue weighted by Crippen LogP contribution is -2.60. The predicted molar refractivity (Wildman–Crippen MR) is 150 cm³/mol. The largest absolute Gasteiger partial charge is 0.466 e. The van der Waals surface area contributed by atoms with Gasteiger partial charge in [0.25, 0.3) is 0 Å². The number of amides is 2. The number of nitriles is 1.